The normalized spacial score (nSPS) is 30.8. The number of amides is 2. The SMILES string of the molecule is O=C(NCC1CCCCO1)N[C@H]1CC[C@@H](C(=O)O)C1. The zero-order valence-corrected chi connectivity index (χ0v) is 11.1. The minimum absolute atomic E-state index is 0.0200. The molecule has 1 saturated heterocycles. The largest absolute Gasteiger partial charge is 0.481 e. The van der Waals surface area contributed by atoms with Gasteiger partial charge in [-0.15, -0.1) is 0 Å². The predicted octanol–water partition coefficient (Wildman–Crippen LogP) is 1.11. The number of ether oxygens (including phenoxy) is 1. The fourth-order valence-electron chi connectivity index (χ4n) is 2.75. The van der Waals surface area contributed by atoms with Crippen LogP contribution < -0.4 is 10.6 Å². The van der Waals surface area contributed by atoms with Gasteiger partial charge in [-0.3, -0.25) is 4.79 Å². The lowest BCUT2D eigenvalue weighted by Crippen LogP contribution is -2.44. The van der Waals surface area contributed by atoms with Crippen LogP contribution in [0.1, 0.15) is 38.5 Å². The molecule has 6 heteroatoms. The van der Waals surface area contributed by atoms with Crippen molar-refractivity contribution in [3.8, 4) is 0 Å². The van der Waals surface area contributed by atoms with Crippen molar-refractivity contribution in [3.63, 3.8) is 0 Å². The van der Waals surface area contributed by atoms with Crippen LogP contribution >= 0.6 is 0 Å². The molecule has 0 aromatic carbocycles. The van der Waals surface area contributed by atoms with Gasteiger partial charge in [-0.05, 0) is 38.5 Å². The maximum atomic E-state index is 11.7. The highest BCUT2D eigenvalue weighted by molar-refractivity contribution is 5.75. The van der Waals surface area contributed by atoms with Crippen molar-refractivity contribution < 1.29 is 19.4 Å². The number of hydrogen-bond acceptors (Lipinski definition) is 3. The summed E-state index contributed by atoms with van der Waals surface area (Å²) in [4.78, 5) is 22.5. The van der Waals surface area contributed by atoms with E-state index in [9.17, 15) is 9.59 Å². The number of urea groups is 1. The van der Waals surface area contributed by atoms with Crippen molar-refractivity contribution in [2.45, 2.75) is 50.7 Å². The molecule has 19 heavy (non-hydrogen) atoms. The summed E-state index contributed by atoms with van der Waals surface area (Å²) in [5, 5.41) is 14.5. The summed E-state index contributed by atoms with van der Waals surface area (Å²) in [6.07, 6.45) is 5.28. The average Bonchev–Trinajstić information content (AvgIpc) is 2.86. The number of hydrogen-bond donors (Lipinski definition) is 3. The summed E-state index contributed by atoms with van der Waals surface area (Å²) in [7, 11) is 0. The fraction of sp³-hybridized carbons (Fsp3) is 0.846. The van der Waals surface area contributed by atoms with Crippen molar-refractivity contribution in [1.82, 2.24) is 10.6 Å². The highest BCUT2D eigenvalue weighted by Crippen LogP contribution is 2.25. The summed E-state index contributed by atoms with van der Waals surface area (Å²) in [5.41, 5.74) is 0. The molecule has 2 aliphatic rings. The Morgan fingerprint density at radius 3 is 2.68 bits per heavy atom. The number of rotatable bonds is 4. The van der Waals surface area contributed by atoms with E-state index in [0.717, 1.165) is 32.3 Å². The standard InChI is InChI=1S/C13H22N2O4/c16-12(17)9-4-5-10(7-9)15-13(18)14-8-11-3-1-2-6-19-11/h9-11H,1-8H2,(H,16,17)(H2,14,15,18)/t9-,10+,11?/m1/s1. The number of carboxylic acid groups (broad SMARTS) is 1. The minimum atomic E-state index is -0.764. The smallest absolute Gasteiger partial charge is 0.315 e. The van der Waals surface area contributed by atoms with Crippen LogP contribution in [0.2, 0.25) is 0 Å². The van der Waals surface area contributed by atoms with Crippen molar-refractivity contribution >= 4 is 12.0 Å². The summed E-state index contributed by atoms with van der Waals surface area (Å²) >= 11 is 0. The van der Waals surface area contributed by atoms with Crippen LogP contribution in [0.25, 0.3) is 0 Å². The summed E-state index contributed by atoms with van der Waals surface area (Å²) in [6.45, 7) is 1.30. The van der Waals surface area contributed by atoms with Gasteiger partial charge in [0.2, 0.25) is 0 Å². The topological polar surface area (TPSA) is 87.7 Å². The van der Waals surface area contributed by atoms with E-state index in [1.54, 1.807) is 0 Å². The van der Waals surface area contributed by atoms with Crippen LogP contribution in [0.5, 0.6) is 0 Å². The molecular formula is C13H22N2O4. The Balaban J connectivity index is 1.63. The predicted molar refractivity (Wildman–Crippen MR) is 68.9 cm³/mol. The highest BCUT2D eigenvalue weighted by atomic mass is 16.5. The first-order valence-corrected chi connectivity index (χ1v) is 7.04. The molecule has 6 nitrogen and oxygen atoms in total. The first-order chi connectivity index (χ1) is 9.15. The second-order valence-electron chi connectivity index (χ2n) is 5.39. The lowest BCUT2D eigenvalue weighted by Gasteiger charge is -2.23. The molecule has 0 spiro atoms. The van der Waals surface area contributed by atoms with Crippen LogP contribution in [0.4, 0.5) is 4.79 Å². The maximum Gasteiger partial charge on any atom is 0.315 e. The molecule has 2 amide bonds. The van der Waals surface area contributed by atoms with Crippen LogP contribution in [-0.2, 0) is 9.53 Å². The molecule has 2 fully saturated rings. The number of carboxylic acids is 1. The van der Waals surface area contributed by atoms with Gasteiger partial charge in [0.25, 0.3) is 0 Å². The minimum Gasteiger partial charge on any atom is -0.481 e. The van der Waals surface area contributed by atoms with Gasteiger partial charge in [-0.1, -0.05) is 0 Å². The quantitative estimate of drug-likeness (QED) is 0.714. The second kappa shape index (κ2) is 6.75. The zero-order valence-electron chi connectivity index (χ0n) is 11.1. The number of carbonyl (C=O) groups is 2. The van der Waals surface area contributed by atoms with E-state index in [1.165, 1.54) is 0 Å². The van der Waals surface area contributed by atoms with Gasteiger partial charge in [0.05, 0.1) is 12.0 Å². The number of nitrogens with one attached hydrogen (secondary N) is 2. The lowest BCUT2D eigenvalue weighted by atomic mass is 10.1. The number of carbonyl (C=O) groups excluding carboxylic acids is 1. The van der Waals surface area contributed by atoms with E-state index in [-0.39, 0.29) is 24.1 Å². The van der Waals surface area contributed by atoms with Crippen LogP contribution in [-0.4, -0.2) is 42.4 Å². The molecule has 0 radical (unpaired) electrons. The Bertz CT molecular complexity index is 329. The Kier molecular flexibility index (Phi) is 5.01. The zero-order chi connectivity index (χ0) is 13.7. The maximum absolute atomic E-state index is 11.7. The molecule has 0 aromatic rings. The van der Waals surface area contributed by atoms with Crippen LogP contribution in [0.3, 0.4) is 0 Å². The van der Waals surface area contributed by atoms with E-state index in [1.807, 2.05) is 0 Å². The van der Waals surface area contributed by atoms with Gasteiger partial charge in [0.15, 0.2) is 0 Å². The van der Waals surface area contributed by atoms with Gasteiger partial charge in [0.1, 0.15) is 0 Å². The van der Waals surface area contributed by atoms with Gasteiger partial charge >= 0.3 is 12.0 Å². The number of aliphatic carboxylic acids is 1. The molecule has 2 rings (SSSR count). The van der Waals surface area contributed by atoms with E-state index >= 15 is 0 Å². The van der Waals surface area contributed by atoms with Crippen LogP contribution in [0.15, 0.2) is 0 Å². The molecule has 3 atom stereocenters. The molecule has 0 aromatic heterocycles. The molecule has 108 valence electrons. The van der Waals surface area contributed by atoms with Crippen molar-refractivity contribution in [1.29, 1.82) is 0 Å². The molecular weight excluding hydrogens is 248 g/mol. The van der Waals surface area contributed by atoms with Gasteiger partial charge < -0.3 is 20.5 Å². The van der Waals surface area contributed by atoms with E-state index in [2.05, 4.69) is 10.6 Å². The first-order valence-electron chi connectivity index (χ1n) is 7.04. The van der Waals surface area contributed by atoms with Gasteiger partial charge in [-0.25, -0.2) is 4.79 Å². The summed E-state index contributed by atoms with van der Waals surface area (Å²) < 4.78 is 5.53. The highest BCUT2D eigenvalue weighted by Gasteiger charge is 2.30. The molecule has 0 bridgehead atoms. The monoisotopic (exact) mass is 270 g/mol. The second-order valence-corrected chi connectivity index (χ2v) is 5.39. The van der Waals surface area contributed by atoms with E-state index < -0.39 is 5.97 Å². The average molecular weight is 270 g/mol. The third-order valence-electron chi connectivity index (χ3n) is 3.88. The van der Waals surface area contributed by atoms with E-state index in [4.69, 9.17) is 9.84 Å². The Labute approximate surface area is 112 Å². The summed E-state index contributed by atoms with van der Waals surface area (Å²) in [5.74, 6) is -1.08. The summed E-state index contributed by atoms with van der Waals surface area (Å²) in [6, 6.07) is -0.237. The molecule has 3 N–H and O–H groups in total. The van der Waals surface area contributed by atoms with Crippen LogP contribution in [0, 0.1) is 5.92 Å². The Morgan fingerprint density at radius 1 is 1.21 bits per heavy atom. The Morgan fingerprint density at radius 2 is 2.05 bits per heavy atom. The molecule has 1 saturated carbocycles. The van der Waals surface area contributed by atoms with Gasteiger partial charge in [-0.2, -0.15) is 0 Å². The van der Waals surface area contributed by atoms with Crippen molar-refractivity contribution in [2.75, 3.05) is 13.2 Å². The van der Waals surface area contributed by atoms with Gasteiger partial charge in [0, 0.05) is 19.2 Å². The molecule has 1 heterocycles. The van der Waals surface area contributed by atoms with E-state index in [0.29, 0.717) is 19.4 Å². The van der Waals surface area contributed by atoms with Crippen molar-refractivity contribution in [3.05, 3.63) is 0 Å². The molecule has 1 aliphatic heterocycles. The lowest BCUT2D eigenvalue weighted by molar-refractivity contribution is -0.141. The fourth-order valence-corrected chi connectivity index (χ4v) is 2.75. The molecule has 1 aliphatic carbocycles. The first kappa shape index (κ1) is 14.1. The third-order valence-corrected chi connectivity index (χ3v) is 3.88. The van der Waals surface area contributed by atoms with Crippen molar-refractivity contribution in [2.24, 2.45) is 5.92 Å². The Hall–Kier alpha value is -1.30. The molecule has 1 unspecified atom stereocenters. The third kappa shape index (κ3) is 4.38.